The van der Waals surface area contributed by atoms with Gasteiger partial charge in [-0.3, -0.25) is 9.80 Å². The third-order valence-electron chi connectivity index (χ3n) is 6.03. The first kappa shape index (κ1) is 24.3. The summed E-state index contributed by atoms with van der Waals surface area (Å²) in [5, 5.41) is 14.4. The number of hydrogen-bond acceptors (Lipinski definition) is 7. The molecule has 0 aliphatic carbocycles. The van der Waals surface area contributed by atoms with Crippen LogP contribution in [0.25, 0.3) is 11.5 Å². The van der Waals surface area contributed by atoms with E-state index in [1.807, 2.05) is 12.1 Å². The van der Waals surface area contributed by atoms with Gasteiger partial charge in [0, 0.05) is 38.3 Å². The van der Waals surface area contributed by atoms with Crippen LogP contribution >= 0.6 is 0 Å². The summed E-state index contributed by atoms with van der Waals surface area (Å²) in [4.78, 5) is 9.03. The molecule has 3 aromatic rings. The Balaban J connectivity index is 1.21. The molecule has 1 unspecified atom stereocenters. The molecule has 0 saturated carbocycles. The molecule has 2 heterocycles. The molecule has 1 N–H and O–H groups in total. The summed E-state index contributed by atoms with van der Waals surface area (Å²) in [7, 11) is 0. The van der Waals surface area contributed by atoms with Crippen LogP contribution in [-0.2, 0) is 12.0 Å². The lowest BCUT2D eigenvalue weighted by Gasteiger charge is -2.34. The second-order valence-corrected chi connectivity index (χ2v) is 9.82. The van der Waals surface area contributed by atoms with E-state index in [1.165, 1.54) is 11.6 Å². The number of ether oxygens (including phenoxy) is 1. The van der Waals surface area contributed by atoms with Crippen LogP contribution in [0, 0.1) is 5.82 Å². The van der Waals surface area contributed by atoms with Crippen molar-refractivity contribution in [2.24, 2.45) is 0 Å². The number of benzene rings is 2. The average Bonchev–Trinajstić information content (AvgIpc) is 3.28. The Morgan fingerprint density at radius 2 is 1.71 bits per heavy atom. The van der Waals surface area contributed by atoms with Crippen molar-refractivity contribution in [1.29, 1.82) is 0 Å². The standard InChI is InChI=1S/C26H33FN4O3/c1-26(2,3)20-10-8-19(9-11-20)25-28-24(29-34-25)17-31-14-12-30(13-15-31)16-21(32)18-33-23-7-5-4-6-22(23)27/h4-11,21,32H,12-18H2,1-3H3. The van der Waals surface area contributed by atoms with Gasteiger partial charge in [-0.15, -0.1) is 0 Å². The third-order valence-corrected chi connectivity index (χ3v) is 6.03. The highest BCUT2D eigenvalue weighted by Crippen LogP contribution is 2.25. The lowest BCUT2D eigenvalue weighted by atomic mass is 9.87. The summed E-state index contributed by atoms with van der Waals surface area (Å²) in [6, 6.07) is 14.5. The van der Waals surface area contributed by atoms with Gasteiger partial charge in [0.1, 0.15) is 12.7 Å². The van der Waals surface area contributed by atoms with Gasteiger partial charge in [0.2, 0.25) is 0 Å². The van der Waals surface area contributed by atoms with Gasteiger partial charge in [-0.1, -0.05) is 50.2 Å². The zero-order valence-corrected chi connectivity index (χ0v) is 20.1. The minimum Gasteiger partial charge on any atom is -0.488 e. The fourth-order valence-electron chi connectivity index (χ4n) is 3.98. The molecule has 0 bridgehead atoms. The summed E-state index contributed by atoms with van der Waals surface area (Å²) < 4.78 is 24.5. The maximum atomic E-state index is 13.6. The van der Waals surface area contributed by atoms with Crippen molar-refractivity contribution in [1.82, 2.24) is 19.9 Å². The van der Waals surface area contributed by atoms with Crippen LogP contribution in [-0.4, -0.2) is 70.5 Å². The van der Waals surface area contributed by atoms with E-state index in [2.05, 4.69) is 52.8 Å². The summed E-state index contributed by atoms with van der Waals surface area (Å²) >= 11 is 0. The second-order valence-electron chi connectivity index (χ2n) is 9.82. The molecule has 0 radical (unpaired) electrons. The fraction of sp³-hybridized carbons (Fsp3) is 0.462. The van der Waals surface area contributed by atoms with E-state index in [0.717, 1.165) is 31.7 Å². The number of piperazine rings is 1. The van der Waals surface area contributed by atoms with Crippen molar-refractivity contribution in [3.63, 3.8) is 0 Å². The Kier molecular flexibility index (Phi) is 7.60. The zero-order chi connectivity index (χ0) is 24.1. The molecule has 182 valence electrons. The molecule has 1 aromatic heterocycles. The van der Waals surface area contributed by atoms with Crippen LogP contribution in [0.15, 0.2) is 53.1 Å². The number of nitrogens with zero attached hydrogens (tertiary/aromatic N) is 4. The van der Waals surface area contributed by atoms with Gasteiger partial charge in [0.15, 0.2) is 17.4 Å². The first-order valence-electron chi connectivity index (χ1n) is 11.7. The van der Waals surface area contributed by atoms with Gasteiger partial charge in [-0.05, 0) is 35.2 Å². The Hall–Kier alpha value is -2.81. The monoisotopic (exact) mass is 468 g/mol. The van der Waals surface area contributed by atoms with E-state index in [1.54, 1.807) is 18.2 Å². The molecule has 1 saturated heterocycles. The number of aliphatic hydroxyl groups excluding tert-OH is 1. The van der Waals surface area contributed by atoms with Crippen LogP contribution in [0.4, 0.5) is 4.39 Å². The SMILES string of the molecule is CC(C)(C)c1ccc(-c2nc(CN3CCN(CC(O)COc4ccccc4F)CC3)no2)cc1. The van der Waals surface area contributed by atoms with Gasteiger partial charge in [-0.25, -0.2) is 4.39 Å². The minimum absolute atomic E-state index is 0.0590. The van der Waals surface area contributed by atoms with Crippen molar-refractivity contribution in [2.75, 3.05) is 39.3 Å². The summed E-state index contributed by atoms with van der Waals surface area (Å²) in [6.07, 6.45) is -0.685. The van der Waals surface area contributed by atoms with Crippen LogP contribution < -0.4 is 4.74 Å². The highest BCUT2D eigenvalue weighted by Gasteiger charge is 2.22. The molecular formula is C26H33FN4O3. The van der Waals surface area contributed by atoms with Crippen molar-refractivity contribution in [3.8, 4) is 17.2 Å². The van der Waals surface area contributed by atoms with Gasteiger partial charge in [-0.2, -0.15) is 4.98 Å². The van der Waals surface area contributed by atoms with Crippen molar-refractivity contribution in [2.45, 2.75) is 38.8 Å². The fourth-order valence-corrected chi connectivity index (χ4v) is 3.98. The van der Waals surface area contributed by atoms with Crippen LogP contribution in [0.3, 0.4) is 0 Å². The molecule has 1 atom stereocenters. The molecule has 0 amide bonds. The van der Waals surface area contributed by atoms with E-state index in [0.29, 0.717) is 24.8 Å². The number of β-amino-alcohol motifs (C(OH)–C–C–N with tert-alkyl or cyclic N) is 1. The Bertz CT molecular complexity index is 1060. The molecule has 0 spiro atoms. The summed E-state index contributed by atoms with van der Waals surface area (Å²) in [6.45, 7) is 11.0. The van der Waals surface area contributed by atoms with E-state index < -0.39 is 11.9 Å². The Labute approximate surface area is 200 Å². The lowest BCUT2D eigenvalue weighted by Crippen LogP contribution is -2.48. The largest absolute Gasteiger partial charge is 0.488 e. The van der Waals surface area contributed by atoms with E-state index >= 15 is 0 Å². The van der Waals surface area contributed by atoms with Crippen molar-refractivity contribution < 1.29 is 18.8 Å². The minimum atomic E-state index is -0.685. The lowest BCUT2D eigenvalue weighted by molar-refractivity contribution is 0.0432. The smallest absolute Gasteiger partial charge is 0.257 e. The van der Waals surface area contributed by atoms with Crippen LogP contribution in [0.1, 0.15) is 32.2 Å². The molecule has 7 nitrogen and oxygen atoms in total. The predicted molar refractivity (Wildman–Crippen MR) is 128 cm³/mol. The number of rotatable bonds is 8. The van der Waals surface area contributed by atoms with Gasteiger partial charge >= 0.3 is 0 Å². The maximum absolute atomic E-state index is 13.6. The summed E-state index contributed by atoms with van der Waals surface area (Å²) in [5.74, 6) is 0.944. The number of aliphatic hydroxyl groups is 1. The van der Waals surface area contributed by atoms with Gasteiger partial charge in [0.25, 0.3) is 5.89 Å². The highest BCUT2D eigenvalue weighted by atomic mass is 19.1. The Morgan fingerprint density at radius 3 is 2.38 bits per heavy atom. The average molecular weight is 469 g/mol. The molecule has 8 heteroatoms. The summed E-state index contributed by atoms with van der Waals surface area (Å²) in [5.41, 5.74) is 2.28. The predicted octanol–water partition coefficient (Wildman–Crippen LogP) is 3.73. The number of para-hydroxylation sites is 1. The second kappa shape index (κ2) is 10.6. The molecule has 1 aliphatic rings. The zero-order valence-electron chi connectivity index (χ0n) is 20.1. The number of halogens is 1. The first-order valence-corrected chi connectivity index (χ1v) is 11.7. The highest BCUT2D eigenvalue weighted by molar-refractivity contribution is 5.53. The molecule has 2 aromatic carbocycles. The quantitative estimate of drug-likeness (QED) is 0.540. The molecular weight excluding hydrogens is 435 g/mol. The van der Waals surface area contributed by atoms with Gasteiger partial charge in [0.05, 0.1) is 6.54 Å². The molecule has 1 fully saturated rings. The molecule has 34 heavy (non-hydrogen) atoms. The van der Waals surface area contributed by atoms with E-state index in [4.69, 9.17) is 9.26 Å². The van der Waals surface area contributed by atoms with E-state index in [-0.39, 0.29) is 17.8 Å². The molecule has 4 rings (SSSR count). The van der Waals surface area contributed by atoms with E-state index in [9.17, 15) is 9.50 Å². The first-order chi connectivity index (χ1) is 16.3. The normalized spacial score (nSPS) is 16.5. The van der Waals surface area contributed by atoms with Crippen molar-refractivity contribution in [3.05, 3.63) is 65.7 Å². The maximum Gasteiger partial charge on any atom is 0.257 e. The third kappa shape index (κ3) is 6.40. The topological polar surface area (TPSA) is 74.9 Å². The van der Waals surface area contributed by atoms with Gasteiger partial charge < -0.3 is 14.4 Å². The van der Waals surface area contributed by atoms with Crippen molar-refractivity contribution >= 4 is 0 Å². The number of hydrogen-bond donors (Lipinski definition) is 1. The van der Waals surface area contributed by atoms with Crippen LogP contribution in [0.5, 0.6) is 5.75 Å². The van der Waals surface area contributed by atoms with Crippen LogP contribution in [0.2, 0.25) is 0 Å². The Morgan fingerprint density at radius 1 is 1.03 bits per heavy atom. The molecule has 1 aliphatic heterocycles. The number of aromatic nitrogens is 2.